The lowest BCUT2D eigenvalue weighted by Gasteiger charge is -2.25. The molecule has 7 heteroatoms. The predicted molar refractivity (Wildman–Crippen MR) is 75.1 cm³/mol. The quantitative estimate of drug-likeness (QED) is 0.440. The van der Waals surface area contributed by atoms with Crippen LogP contribution in [-0.4, -0.2) is 46.2 Å². The second kappa shape index (κ2) is 7.49. The lowest BCUT2D eigenvalue weighted by molar-refractivity contribution is -0.148. The van der Waals surface area contributed by atoms with E-state index in [1.807, 2.05) is 14.0 Å². The van der Waals surface area contributed by atoms with Crippen molar-refractivity contribution in [2.45, 2.75) is 36.9 Å². The van der Waals surface area contributed by atoms with E-state index in [0.29, 0.717) is 0 Å². The van der Waals surface area contributed by atoms with Crippen LogP contribution < -0.4 is 5.32 Å². The number of carbonyl (C=O) groups is 1. The molecule has 1 atom stereocenters. The van der Waals surface area contributed by atoms with Gasteiger partial charge in [-0.15, -0.1) is 0 Å². The van der Waals surface area contributed by atoms with Gasteiger partial charge in [0.25, 0.3) is 0 Å². The number of ether oxygens (including phenoxy) is 1. The zero-order valence-electron chi connectivity index (χ0n) is 12.0. The van der Waals surface area contributed by atoms with Gasteiger partial charge in [-0.25, -0.2) is 9.67 Å². The lowest BCUT2D eigenvalue weighted by atomic mass is 9.95. The molecule has 1 unspecified atom stereocenters. The standard InChI is InChI=1S/C12H22N4O2S/c1-12(13-2,10(17)18-4)7-5-6-8-19-11-14-9-15-16(11)3/h9,13H,5-8H2,1-4H3. The molecule has 6 nitrogen and oxygen atoms in total. The number of nitrogens with one attached hydrogen (secondary N) is 1. The van der Waals surface area contributed by atoms with Gasteiger partial charge in [0.15, 0.2) is 5.16 Å². The lowest BCUT2D eigenvalue weighted by Crippen LogP contribution is -2.48. The van der Waals surface area contributed by atoms with E-state index in [0.717, 1.165) is 30.2 Å². The summed E-state index contributed by atoms with van der Waals surface area (Å²) in [6.45, 7) is 1.87. The third-order valence-corrected chi connectivity index (χ3v) is 4.28. The summed E-state index contributed by atoms with van der Waals surface area (Å²) in [7, 11) is 5.08. The van der Waals surface area contributed by atoms with Crippen LogP contribution in [0.5, 0.6) is 0 Å². The molecule has 0 aromatic carbocycles. The Labute approximate surface area is 118 Å². The number of methoxy groups -OCH3 is 1. The molecule has 0 spiro atoms. The number of likely N-dealkylation sites (N-methyl/N-ethyl adjacent to an activating group) is 1. The highest BCUT2D eigenvalue weighted by Gasteiger charge is 2.31. The summed E-state index contributed by atoms with van der Waals surface area (Å²) in [6.07, 6.45) is 4.29. The largest absolute Gasteiger partial charge is 0.468 e. The fraction of sp³-hybridized carbons (Fsp3) is 0.750. The Balaban J connectivity index is 2.26. The highest BCUT2D eigenvalue weighted by molar-refractivity contribution is 7.99. The van der Waals surface area contributed by atoms with Crippen molar-refractivity contribution >= 4 is 17.7 Å². The van der Waals surface area contributed by atoms with E-state index in [1.165, 1.54) is 7.11 Å². The van der Waals surface area contributed by atoms with Gasteiger partial charge in [0.2, 0.25) is 0 Å². The van der Waals surface area contributed by atoms with E-state index in [9.17, 15) is 4.79 Å². The Morgan fingerprint density at radius 1 is 1.58 bits per heavy atom. The number of hydrogen-bond donors (Lipinski definition) is 1. The number of unbranched alkanes of at least 4 members (excludes halogenated alkanes) is 1. The van der Waals surface area contributed by atoms with Gasteiger partial charge in [-0.3, -0.25) is 4.79 Å². The van der Waals surface area contributed by atoms with Crippen molar-refractivity contribution in [2.24, 2.45) is 7.05 Å². The van der Waals surface area contributed by atoms with Crippen molar-refractivity contribution < 1.29 is 9.53 Å². The monoisotopic (exact) mass is 286 g/mol. The minimum Gasteiger partial charge on any atom is -0.468 e. The molecule has 1 N–H and O–H groups in total. The van der Waals surface area contributed by atoms with E-state index in [4.69, 9.17) is 4.74 Å². The summed E-state index contributed by atoms with van der Waals surface area (Å²) in [5.41, 5.74) is -0.593. The molecule has 0 aliphatic rings. The van der Waals surface area contributed by atoms with E-state index >= 15 is 0 Å². The van der Waals surface area contributed by atoms with Gasteiger partial charge in [-0.05, 0) is 26.8 Å². The maximum absolute atomic E-state index is 11.6. The van der Waals surface area contributed by atoms with E-state index in [2.05, 4.69) is 15.4 Å². The molecule has 0 bridgehead atoms. The summed E-state index contributed by atoms with van der Waals surface area (Å²) < 4.78 is 6.57. The molecule has 1 heterocycles. The molecule has 108 valence electrons. The van der Waals surface area contributed by atoms with Crippen molar-refractivity contribution in [1.82, 2.24) is 20.1 Å². The molecule has 19 heavy (non-hydrogen) atoms. The van der Waals surface area contributed by atoms with Crippen LogP contribution in [-0.2, 0) is 16.6 Å². The molecule has 0 aliphatic heterocycles. The first-order valence-electron chi connectivity index (χ1n) is 6.27. The molecule has 0 saturated heterocycles. The molecule has 1 rings (SSSR count). The van der Waals surface area contributed by atoms with Crippen molar-refractivity contribution in [1.29, 1.82) is 0 Å². The highest BCUT2D eigenvalue weighted by Crippen LogP contribution is 2.19. The van der Waals surface area contributed by atoms with E-state index in [1.54, 1.807) is 29.8 Å². The normalized spacial score (nSPS) is 14.1. The average Bonchev–Trinajstić information content (AvgIpc) is 2.82. The minimum atomic E-state index is -0.593. The fourth-order valence-electron chi connectivity index (χ4n) is 1.71. The summed E-state index contributed by atoms with van der Waals surface area (Å²) in [5.74, 6) is 0.754. The zero-order chi connectivity index (χ0) is 14.3. The fourth-order valence-corrected chi connectivity index (χ4v) is 2.60. The number of esters is 1. The number of aryl methyl sites for hydroxylation is 1. The number of thioether (sulfide) groups is 1. The predicted octanol–water partition coefficient (Wildman–Crippen LogP) is 1.23. The first-order valence-corrected chi connectivity index (χ1v) is 7.26. The molecule has 0 saturated carbocycles. The van der Waals surface area contributed by atoms with E-state index in [-0.39, 0.29) is 5.97 Å². The van der Waals surface area contributed by atoms with Crippen LogP contribution in [0.15, 0.2) is 11.5 Å². The minimum absolute atomic E-state index is 0.212. The molecular weight excluding hydrogens is 264 g/mol. The molecule has 1 aromatic rings. The molecular formula is C12H22N4O2S. The van der Waals surface area contributed by atoms with Crippen molar-refractivity contribution in [3.63, 3.8) is 0 Å². The third-order valence-electron chi connectivity index (χ3n) is 3.16. The molecule has 0 radical (unpaired) electrons. The van der Waals surface area contributed by atoms with Crippen LogP contribution in [0.4, 0.5) is 0 Å². The van der Waals surface area contributed by atoms with Crippen LogP contribution in [0.1, 0.15) is 26.2 Å². The molecule has 0 fully saturated rings. The highest BCUT2D eigenvalue weighted by atomic mass is 32.2. The van der Waals surface area contributed by atoms with Crippen LogP contribution >= 0.6 is 11.8 Å². The smallest absolute Gasteiger partial charge is 0.325 e. The van der Waals surface area contributed by atoms with Crippen molar-refractivity contribution in [3.05, 3.63) is 6.33 Å². The Kier molecular flexibility index (Phi) is 6.30. The number of hydrogen-bond acceptors (Lipinski definition) is 6. The van der Waals surface area contributed by atoms with Gasteiger partial charge in [-0.2, -0.15) is 5.10 Å². The Morgan fingerprint density at radius 3 is 2.84 bits per heavy atom. The van der Waals surface area contributed by atoms with Gasteiger partial charge in [0.05, 0.1) is 7.11 Å². The van der Waals surface area contributed by atoms with Gasteiger partial charge in [-0.1, -0.05) is 18.2 Å². The van der Waals surface area contributed by atoms with Crippen LogP contribution in [0.3, 0.4) is 0 Å². The van der Waals surface area contributed by atoms with Crippen LogP contribution in [0.2, 0.25) is 0 Å². The number of carbonyl (C=O) groups excluding carboxylic acids is 1. The Hall–Kier alpha value is -1.08. The Bertz CT molecular complexity index is 410. The number of aromatic nitrogens is 3. The molecule has 0 amide bonds. The second-order valence-corrected chi connectivity index (χ2v) is 5.61. The summed E-state index contributed by atoms with van der Waals surface area (Å²) >= 11 is 1.68. The first kappa shape index (κ1) is 16.0. The SMILES string of the molecule is CNC(C)(CCCCSc1ncnn1C)C(=O)OC. The Morgan fingerprint density at radius 2 is 2.32 bits per heavy atom. The van der Waals surface area contributed by atoms with Gasteiger partial charge >= 0.3 is 5.97 Å². The zero-order valence-corrected chi connectivity index (χ0v) is 12.8. The van der Waals surface area contributed by atoms with Crippen LogP contribution in [0.25, 0.3) is 0 Å². The number of nitrogens with zero attached hydrogens (tertiary/aromatic N) is 3. The average molecular weight is 286 g/mol. The molecule has 1 aromatic heterocycles. The van der Waals surface area contributed by atoms with Gasteiger partial charge < -0.3 is 10.1 Å². The van der Waals surface area contributed by atoms with Crippen molar-refractivity contribution in [2.75, 3.05) is 19.9 Å². The maximum atomic E-state index is 11.6. The first-order chi connectivity index (χ1) is 9.03. The van der Waals surface area contributed by atoms with E-state index < -0.39 is 5.54 Å². The third kappa shape index (κ3) is 4.50. The molecule has 0 aliphatic carbocycles. The maximum Gasteiger partial charge on any atom is 0.325 e. The van der Waals surface area contributed by atoms with Crippen molar-refractivity contribution in [3.8, 4) is 0 Å². The van der Waals surface area contributed by atoms with Gasteiger partial charge in [0.1, 0.15) is 11.9 Å². The topological polar surface area (TPSA) is 69.0 Å². The summed E-state index contributed by atoms with van der Waals surface area (Å²) in [5, 5.41) is 7.97. The second-order valence-electron chi connectivity index (χ2n) is 4.55. The van der Waals surface area contributed by atoms with Gasteiger partial charge in [0, 0.05) is 12.8 Å². The summed E-state index contributed by atoms with van der Waals surface area (Å²) in [6, 6.07) is 0. The number of rotatable bonds is 8. The van der Waals surface area contributed by atoms with Crippen LogP contribution in [0, 0.1) is 0 Å². The summed E-state index contributed by atoms with van der Waals surface area (Å²) in [4.78, 5) is 15.8.